The molecule has 0 radical (unpaired) electrons. The maximum absolute atomic E-state index is 11.4. The SMILES string of the molecule is CC(C)(C)N(CCOc1cccc(Nc2ncnc(-c3ccnc(CO)c3)n2)c1)C(=O)O. The van der Waals surface area contributed by atoms with Gasteiger partial charge in [0.2, 0.25) is 5.95 Å². The summed E-state index contributed by atoms with van der Waals surface area (Å²) in [7, 11) is 0. The second kappa shape index (κ2) is 10.0. The molecule has 0 saturated carbocycles. The van der Waals surface area contributed by atoms with E-state index in [2.05, 4.69) is 25.3 Å². The van der Waals surface area contributed by atoms with Gasteiger partial charge in [0.1, 0.15) is 18.7 Å². The molecule has 0 aliphatic rings. The van der Waals surface area contributed by atoms with E-state index >= 15 is 0 Å². The zero-order valence-corrected chi connectivity index (χ0v) is 18.2. The number of nitrogens with one attached hydrogen (secondary N) is 1. The summed E-state index contributed by atoms with van der Waals surface area (Å²) in [5.74, 6) is 1.38. The number of aliphatic hydroxyl groups excluding tert-OH is 1. The minimum atomic E-state index is -0.984. The smallest absolute Gasteiger partial charge is 0.407 e. The fourth-order valence-electron chi connectivity index (χ4n) is 2.96. The number of aliphatic hydroxyl groups is 1. The average molecular weight is 438 g/mol. The number of nitrogens with zero attached hydrogens (tertiary/aromatic N) is 5. The number of benzene rings is 1. The lowest BCUT2D eigenvalue weighted by Crippen LogP contribution is -2.46. The Morgan fingerprint density at radius 2 is 1.97 bits per heavy atom. The number of hydrogen-bond donors (Lipinski definition) is 3. The van der Waals surface area contributed by atoms with E-state index in [1.807, 2.05) is 32.9 Å². The molecule has 0 fully saturated rings. The highest BCUT2D eigenvalue weighted by molar-refractivity contribution is 5.66. The number of ether oxygens (including phenoxy) is 1. The fraction of sp³-hybridized carbons (Fsp3) is 0.318. The second-order valence-electron chi connectivity index (χ2n) is 7.93. The maximum atomic E-state index is 11.4. The lowest BCUT2D eigenvalue weighted by Gasteiger charge is -2.32. The predicted octanol–water partition coefficient (Wildman–Crippen LogP) is 3.33. The molecule has 0 spiro atoms. The molecule has 0 saturated heterocycles. The highest BCUT2D eigenvalue weighted by atomic mass is 16.5. The van der Waals surface area contributed by atoms with Gasteiger partial charge in [0.05, 0.1) is 18.8 Å². The van der Waals surface area contributed by atoms with Crippen LogP contribution in [-0.2, 0) is 6.61 Å². The number of rotatable bonds is 8. The molecule has 0 unspecified atom stereocenters. The van der Waals surface area contributed by atoms with Crippen LogP contribution in [0, 0.1) is 0 Å². The van der Waals surface area contributed by atoms with Gasteiger partial charge >= 0.3 is 6.09 Å². The number of aromatic nitrogens is 4. The average Bonchev–Trinajstić information content (AvgIpc) is 2.76. The number of anilines is 2. The summed E-state index contributed by atoms with van der Waals surface area (Å²) >= 11 is 0. The van der Waals surface area contributed by atoms with Crippen LogP contribution in [0.3, 0.4) is 0 Å². The summed E-state index contributed by atoms with van der Waals surface area (Å²) in [6, 6.07) is 10.7. The van der Waals surface area contributed by atoms with Crippen LogP contribution in [0.1, 0.15) is 26.5 Å². The van der Waals surface area contributed by atoms with Gasteiger partial charge in [-0.05, 0) is 45.0 Å². The first kappa shape index (κ1) is 22.9. The highest BCUT2D eigenvalue weighted by Crippen LogP contribution is 2.22. The standard InChI is InChI=1S/C22H26N6O4/c1-22(2,3)28(21(30)31)9-10-32-18-6-4-5-16(12-18)26-20-25-14-24-19(27-20)15-7-8-23-17(11-15)13-29/h4-8,11-12,14,29H,9-10,13H2,1-3H3,(H,30,31)(H,24,25,26,27). The van der Waals surface area contributed by atoms with Crippen LogP contribution in [0.25, 0.3) is 11.4 Å². The number of pyridine rings is 1. The van der Waals surface area contributed by atoms with Gasteiger partial charge in [0, 0.05) is 29.1 Å². The fourth-order valence-corrected chi connectivity index (χ4v) is 2.96. The topological polar surface area (TPSA) is 134 Å². The molecule has 3 N–H and O–H groups in total. The predicted molar refractivity (Wildman–Crippen MR) is 119 cm³/mol. The van der Waals surface area contributed by atoms with Gasteiger partial charge in [-0.3, -0.25) is 4.98 Å². The monoisotopic (exact) mass is 438 g/mol. The van der Waals surface area contributed by atoms with Crippen molar-refractivity contribution in [2.45, 2.75) is 32.9 Å². The summed E-state index contributed by atoms with van der Waals surface area (Å²) in [4.78, 5) is 29.6. The third-order valence-corrected chi connectivity index (χ3v) is 4.52. The number of hydrogen-bond acceptors (Lipinski definition) is 8. The van der Waals surface area contributed by atoms with Crippen molar-refractivity contribution >= 4 is 17.7 Å². The van der Waals surface area contributed by atoms with E-state index in [1.54, 1.807) is 30.5 Å². The minimum absolute atomic E-state index is 0.170. The molecule has 2 aromatic heterocycles. The zero-order chi connectivity index (χ0) is 23.1. The summed E-state index contributed by atoms with van der Waals surface area (Å²) < 4.78 is 5.75. The van der Waals surface area contributed by atoms with Gasteiger partial charge < -0.3 is 25.2 Å². The van der Waals surface area contributed by atoms with Crippen molar-refractivity contribution in [1.82, 2.24) is 24.8 Å². The van der Waals surface area contributed by atoms with Gasteiger partial charge in [-0.1, -0.05) is 6.07 Å². The molecule has 3 rings (SSSR count). The normalized spacial score (nSPS) is 11.1. The van der Waals surface area contributed by atoms with Crippen LogP contribution in [0.15, 0.2) is 48.9 Å². The van der Waals surface area contributed by atoms with E-state index in [0.717, 1.165) is 0 Å². The van der Waals surface area contributed by atoms with Crippen molar-refractivity contribution < 1.29 is 19.7 Å². The molecular weight excluding hydrogens is 412 g/mol. The zero-order valence-electron chi connectivity index (χ0n) is 18.2. The molecule has 2 heterocycles. The summed E-state index contributed by atoms with van der Waals surface area (Å²) in [6.07, 6.45) is 2.00. The molecule has 0 aliphatic heterocycles. The van der Waals surface area contributed by atoms with Gasteiger partial charge in [-0.15, -0.1) is 0 Å². The van der Waals surface area contributed by atoms with Crippen LogP contribution in [0.5, 0.6) is 5.75 Å². The molecule has 0 bridgehead atoms. The maximum Gasteiger partial charge on any atom is 0.407 e. The number of carbonyl (C=O) groups is 1. The van der Waals surface area contributed by atoms with Crippen molar-refractivity contribution in [2.75, 3.05) is 18.5 Å². The van der Waals surface area contributed by atoms with E-state index in [4.69, 9.17) is 4.74 Å². The van der Waals surface area contributed by atoms with Crippen molar-refractivity contribution in [1.29, 1.82) is 0 Å². The van der Waals surface area contributed by atoms with Crippen molar-refractivity contribution in [2.24, 2.45) is 0 Å². The second-order valence-corrected chi connectivity index (χ2v) is 7.93. The molecule has 168 valence electrons. The molecule has 10 nitrogen and oxygen atoms in total. The Hall–Kier alpha value is -3.79. The van der Waals surface area contributed by atoms with Crippen LogP contribution < -0.4 is 10.1 Å². The molecule has 32 heavy (non-hydrogen) atoms. The molecule has 0 atom stereocenters. The van der Waals surface area contributed by atoms with Crippen molar-refractivity contribution in [3.63, 3.8) is 0 Å². The summed E-state index contributed by atoms with van der Waals surface area (Å²) in [5.41, 5.74) is 1.43. The Kier molecular flexibility index (Phi) is 7.16. The van der Waals surface area contributed by atoms with E-state index in [-0.39, 0.29) is 19.8 Å². The summed E-state index contributed by atoms with van der Waals surface area (Å²) in [5, 5.41) is 21.8. The van der Waals surface area contributed by atoms with Gasteiger partial charge in [-0.2, -0.15) is 4.98 Å². The molecular formula is C22H26N6O4. The first-order valence-electron chi connectivity index (χ1n) is 10.0. The van der Waals surface area contributed by atoms with Crippen molar-refractivity contribution in [3.8, 4) is 17.1 Å². The molecule has 3 aromatic rings. The third-order valence-electron chi connectivity index (χ3n) is 4.52. The Balaban J connectivity index is 1.66. The largest absolute Gasteiger partial charge is 0.492 e. The summed E-state index contributed by atoms with van der Waals surface area (Å²) in [6.45, 7) is 5.81. The number of amides is 1. The Morgan fingerprint density at radius 1 is 1.16 bits per heavy atom. The van der Waals surface area contributed by atoms with Crippen molar-refractivity contribution in [3.05, 3.63) is 54.6 Å². The van der Waals surface area contributed by atoms with Crippen LogP contribution in [0.4, 0.5) is 16.4 Å². The molecule has 0 aliphatic carbocycles. The Labute approximate surface area is 186 Å². The highest BCUT2D eigenvalue weighted by Gasteiger charge is 2.25. The van der Waals surface area contributed by atoms with Gasteiger partial charge in [0.25, 0.3) is 0 Å². The van der Waals surface area contributed by atoms with Gasteiger partial charge in [0.15, 0.2) is 5.82 Å². The third kappa shape index (κ3) is 6.11. The Bertz CT molecular complexity index is 1070. The van der Waals surface area contributed by atoms with Crippen LogP contribution >= 0.6 is 0 Å². The van der Waals surface area contributed by atoms with E-state index in [9.17, 15) is 15.0 Å². The molecule has 10 heteroatoms. The van der Waals surface area contributed by atoms with E-state index in [0.29, 0.717) is 34.5 Å². The lowest BCUT2D eigenvalue weighted by molar-refractivity contribution is 0.0892. The van der Waals surface area contributed by atoms with E-state index in [1.165, 1.54) is 11.2 Å². The first-order chi connectivity index (χ1) is 15.3. The lowest BCUT2D eigenvalue weighted by atomic mass is 10.1. The first-order valence-corrected chi connectivity index (χ1v) is 10.0. The van der Waals surface area contributed by atoms with Crippen LogP contribution in [0.2, 0.25) is 0 Å². The van der Waals surface area contributed by atoms with Crippen LogP contribution in [-0.4, -0.2) is 59.8 Å². The minimum Gasteiger partial charge on any atom is -0.492 e. The van der Waals surface area contributed by atoms with E-state index < -0.39 is 11.6 Å². The quantitative estimate of drug-likeness (QED) is 0.484. The van der Waals surface area contributed by atoms with Gasteiger partial charge in [-0.25, -0.2) is 14.8 Å². The Morgan fingerprint density at radius 3 is 2.69 bits per heavy atom. The number of carboxylic acid groups (broad SMARTS) is 1. The molecule has 1 aromatic carbocycles. The molecule has 1 amide bonds.